The monoisotopic (exact) mass is 453 g/mol. The quantitative estimate of drug-likeness (QED) is 0.274. The van der Waals surface area contributed by atoms with Gasteiger partial charge < -0.3 is 20.5 Å². The number of halogens is 1. The molecule has 10 heteroatoms. The second-order valence-electron chi connectivity index (χ2n) is 7.37. The number of rotatable bonds is 10. The van der Waals surface area contributed by atoms with Crippen LogP contribution in [0.1, 0.15) is 11.4 Å². The van der Waals surface area contributed by atoms with E-state index < -0.39 is 0 Å². The first-order chi connectivity index (χ1) is 15.6. The maximum absolute atomic E-state index is 12.8. The fourth-order valence-corrected chi connectivity index (χ4v) is 3.61. The van der Waals surface area contributed by atoms with Crippen LogP contribution in [0.2, 0.25) is 5.02 Å². The van der Waals surface area contributed by atoms with Crippen LogP contribution in [-0.2, 0) is 13.1 Å². The number of aryl methyl sites for hydroxylation is 1. The Morgan fingerprint density at radius 1 is 1.12 bits per heavy atom. The molecule has 0 bridgehead atoms. The lowest BCUT2D eigenvalue weighted by atomic mass is 10.2. The summed E-state index contributed by atoms with van der Waals surface area (Å²) in [6, 6.07) is 11.4. The number of hydrogen-bond acceptors (Lipinski definition) is 6. The van der Waals surface area contributed by atoms with E-state index in [-0.39, 0.29) is 5.56 Å². The number of H-pyrrole nitrogens is 2. The van der Waals surface area contributed by atoms with Crippen LogP contribution in [0.25, 0.3) is 10.9 Å². The minimum Gasteiger partial charge on any atom is -0.368 e. The lowest BCUT2D eigenvalue weighted by Crippen LogP contribution is -2.31. The number of aromatic nitrogens is 5. The molecular weight excluding hydrogens is 428 g/mol. The van der Waals surface area contributed by atoms with Crippen LogP contribution < -0.4 is 26.6 Å². The van der Waals surface area contributed by atoms with E-state index in [1.54, 1.807) is 17.0 Å². The zero-order valence-corrected chi connectivity index (χ0v) is 18.5. The predicted octanol–water partition coefficient (Wildman–Crippen LogP) is 2.21. The summed E-state index contributed by atoms with van der Waals surface area (Å²) >= 11 is 6.11. The van der Waals surface area contributed by atoms with Gasteiger partial charge in [0.2, 0.25) is 5.52 Å². The lowest BCUT2D eigenvalue weighted by Gasteiger charge is -2.13. The molecule has 3 heterocycles. The highest BCUT2D eigenvalue weighted by Gasteiger charge is 2.11. The fraction of sp³-hybridized carbons (Fsp3) is 0.273. The summed E-state index contributed by atoms with van der Waals surface area (Å²) in [6.45, 7) is 4.86. The highest BCUT2D eigenvalue weighted by atomic mass is 35.5. The highest BCUT2D eigenvalue weighted by molar-refractivity contribution is 6.31. The number of pyridine rings is 1. The largest absolute Gasteiger partial charge is 0.368 e. The van der Waals surface area contributed by atoms with Crippen LogP contribution in [0.15, 0.2) is 53.6 Å². The van der Waals surface area contributed by atoms with Gasteiger partial charge in [0.25, 0.3) is 5.56 Å². The molecule has 0 aliphatic heterocycles. The van der Waals surface area contributed by atoms with E-state index in [4.69, 9.17) is 11.6 Å². The molecule has 3 aromatic heterocycles. The van der Waals surface area contributed by atoms with Gasteiger partial charge in [0.1, 0.15) is 11.5 Å². The molecule has 0 radical (unpaired) electrons. The van der Waals surface area contributed by atoms with Gasteiger partial charge in [-0.05, 0) is 31.2 Å². The van der Waals surface area contributed by atoms with Crippen LogP contribution in [0.3, 0.4) is 0 Å². The molecule has 0 atom stereocenters. The van der Waals surface area contributed by atoms with Crippen LogP contribution in [0, 0.1) is 6.92 Å². The predicted molar refractivity (Wildman–Crippen MR) is 126 cm³/mol. The second kappa shape index (κ2) is 10.3. The Bertz CT molecular complexity index is 1240. The van der Waals surface area contributed by atoms with Crippen molar-refractivity contribution in [1.29, 1.82) is 0 Å². The van der Waals surface area contributed by atoms with E-state index in [1.165, 1.54) is 0 Å². The summed E-state index contributed by atoms with van der Waals surface area (Å²) in [5, 5.41) is 17.7. The van der Waals surface area contributed by atoms with E-state index in [0.717, 1.165) is 28.1 Å². The van der Waals surface area contributed by atoms with Gasteiger partial charge in [-0.1, -0.05) is 17.7 Å². The summed E-state index contributed by atoms with van der Waals surface area (Å²) in [6.07, 6.45) is 3.45. The molecular formula is C22H26ClN8O+. The van der Waals surface area contributed by atoms with Crippen molar-refractivity contribution in [3.63, 3.8) is 0 Å². The number of nitrogens with zero attached hydrogens (tertiary/aromatic N) is 3. The molecule has 0 saturated heterocycles. The number of benzene rings is 1. The van der Waals surface area contributed by atoms with Gasteiger partial charge >= 0.3 is 0 Å². The van der Waals surface area contributed by atoms with Gasteiger partial charge in [0, 0.05) is 61.9 Å². The zero-order chi connectivity index (χ0) is 22.3. The molecule has 0 spiro atoms. The molecule has 0 saturated carbocycles. The maximum Gasteiger partial charge on any atom is 0.293 e. The zero-order valence-electron chi connectivity index (χ0n) is 17.8. The van der Waals surface area contributed by atoms with Crippen molar-refractivity contribution in [2.45, 2.75) is 20.0 Å². The van der Waals surface area contributed by atoms with Crippen molar-refractivity contribution in [1.82, 2.24) is 25.0 Å². The minimum atomic E-state index is -0.130. The molecule has 166 valence electrons. The summed E-state index contributed by atoms with van der Waals surface area (Å²) < 4.78 is 1.73. The Morgan fingerprint density at radius 2 is 2.00 bits per heavy atom. The van der Waals surface area contributed by atoms with Crippen LogP contribution >= 0.6 is 11.6 Å². The van der Waals surface area contributed by atoms with E-state index in [1.807, 2.05) is 43.3 Å². The van der Waals surface area contributed by atoms with Crippen molar-refractivity contribution >= 4 is 34.1 Å². The van der Waals surface area contributed by atoms with Crippen molar-refractivity contribution in [3.8, 4) is 0 Å². The van der Waals surface area contributed by atoms with E-state index in [0.29, 0.717) is 43.6 Å². The average Bonchev–Trinajstić information content (AvgIpc) is 3.20. The number of fused-ring (bicyclic) bond motifs is 1. The molecule has 0 unspecified atom stereocenters. The van der Waals surface area contributed by atoms with Gasteiger partial charge in [0.05, 0.1) is 5.39 Å². The number of aromatic amines is 2. The van der Waals surface area contributed by atoms with Gasteiger partial charge in [-0.25, -0.2) is 9.97 Å². The Balaban J connectivity index is 1.30. The molecule has 4 rings (SSSR count). The molecule has 0 aliphatic rings. The Kier molecular flexibility index (Phi) is 6.98. The van der Waals surface area contributed by atoms with Crippen molar-refractivity contribution in [2.75, 3.05) is 30.3 Å². The van der Waals surface area contributed by atoms with Crippen LogP contribution in [0.5, 0.6) is 0 Å². The molecule has 0 amide bonds. The Labute approximate surface area is 190 Å². The molecule has 0 aliphatic carbocycles. The first-order valence-corrected chi connectivity index (χ1v) is 10.8. The Hall–Kier alpha value is -3.43. The molecule has 32 heavy (non-hydrogen) atoms. The first kappa shape index (κ1) is 21.8. The van der Waals surface area contributed by atoms with E-state index in [2.05, 4.69) is 36.1 Å². The van der Waals surface area contributed by atoms with Crippen molar-refractivity contribution < 1.29 is 5.10 Å². The molecule has 5 N–H and O–H groups in total. The van der Waals surface area contributed by atoms with Crippen molar-refractivity contribution in [3.05, 3.63) is 75.6 Å². The summed E-state index contributed by atoms with van der Waals surface area (Å²) in [5.74, 6) is 1.14. The fourth-order valence-electron chi connectivity index (χ4n) is 3.44. The third-order valence-corrected chi connectivity index (χ3v) is 5.35. The number of hydrogen-bond donors (Lipinski definition) is 4. The summed E-state index contributed by atoms with van der Waals surface area (Å²) in [5.41, 5.74) is 2.71. The van der Waals surface area contributed by atoms with Gasteiger partial charge in [-0.2, -0.15) is 5.10 Å². The van der Waals surface area contributed by atoms with Crippen LogP contribution in [-0.4, -0.2) is 39.3 Å². The highest BCUT2D eigenvalue weighted by Crippen LogP contribution is 2.18. The van der Waals surface area contributed by atoms with Crippen LogP contribution in [0.4, 0.5) is 11.6 Å². The molecule has 9 nitrogen and oxygen atoms in total. The maximum atomic E-state index is 12.8. The van der Waals surface area contributed by atoms with E-state index in [9.17, 15) is 4.79 Å². The molecule has 0 fully saturated rings. The summed E-state index contributed by atoms with van der Waals surface area (Å²) in [4.78, 5) is 21.3. The minimum absolute atomic E-state index is 0.130. The third-order valence-electron chi connectivity index (χ3n) is 5.11. The third kappa shape index (κ3) is 5.24. The topological polar surface area (TPSA) is 114 Å². The van der Waals surface area contributed by atoms with E-state index >= 15 is 0 Å². The SMILES string of the molecule is Cc1cnc(NCCNc2ccccn2)c(=O)n1CCNCc1[nH][nH+]c2ccc(Cl)cc12. The molecule has 1 aromatic carbocycles. The number of nitrogens with one attached hydrogen (secondary N) is 5. The first-order valence-electron chi connectivity index (χ1n) is 10.5. The standard InChI is InChI=1S/C22H25ClN8O/c1-15-13-28-21(27-9-8-26-20-4-2-3-7-25-20)22(32)31(15)11-10-24-14-19-17-12-16(23)5-6-18(17)29-30-19/h2-7,12-13,24H,8-11,14H2,1H3,(H,25,26)(H,27,28)(H,29,30)/p+1. The van der Waals surface area contributed by atoms with Gasteiger partial charge in [0.15, 0.2) is 5.82 Å². The second-order valence-corrected chi connectivity index (χ2v) is 7.81. The van der Waals surface area contributed by atoms with Crippen molar-refractivity contribution in [2.24, 2.45) is 0 Å². The van der Waals surface area contributed by atoms with Gasteiger partial charge in [-0.15, -0.1) is 5.10 Å². The lowest BCUT2D eigenvalue weighted by molar-refractivity contribution is -0.421. The Morgan fingerprint density at radius 3 is 2.84 bits per heavy atom. The number of anilines is 2. The molecule has 4 aromatic rings. The average molecular weight is 454 g/mol. The smallest absolute Gasteiger partial charge is 0.293 e. The normalized spacial score (nSPS) is 11.1. The van der Waals surface area contributed by atoms with Gasteiger partial charge in [-0.3, -0.25) is 4.79 Å². The summed E-state index contributed by atoms with van der Waals surface area (Å²) in [7, 11) is 0.